The van der Waals surface area contributed by atoms with Gasteiger partial charge in [-0.25, -0.2) is 4.39 Å². The Morgan fingerprint density at radius 2 is 1.58 bits per heavy atom. The van der Waals surface area contributed by atoms with E-state index in [-0.39, 0.29) is 37.8 Å². The standard InChI is InChI=1S/C11H6BFN4P2/c12-8-7(5(17)3-16)9(13)11(19)6(10(8)18)4(1-14)2-15/h17-19H2/b7-5-. The Morgan fingerprint density at radius 3 is 2.00 bits per heavy atom. The van der Waals surface area contributed by atoms with Gasteiger partial charge in [-0.05, 0) is 5.30 Å². The van der Waals surface area contributed by atoms with Crippen LogP contribution in [0.5, 0.6) is 0 Å². The number of benzene rings is 1. The Morgan fingerprint density at radius 1 is 1.05 bits per heavy atom. The van der Waals surface area contributed by atoms with Crippen molar-refractivity contribution < 1.29 is 4.39 Å². The molecule has 2 N–H and O–H groups in total. The number of halogens is 1. The first-order chi connectivity index (χ1) is 8.90. The number of nitriles is 3. The smallest absolute Gasteiger partial charge is 0.140 e. The van der Waals surface area contributed by atoms with Crippen LogP contribution in [0, 0.1) is 39.8 Å². The molecular weight excluding hydrogens is 280 g/mol. The van der Waals surface area contributed by atoms with E-state index in [0.29, 0.717) is 0 Å². The monoisotopic (exact) mass is 286 g/mol. The highest BCUT2D eigenvalue weighted by Gasteiger charge is 2.14. The summed E-state index contributed by atoms with van der Waals surface area (Å²) in [5.41, 5.74) is 4.67. The van der Waals surface area contributed by atoms with Crippen molar-refractivity contribution in [3.8, 4) is 18.2 Å². The van der Waals surface area contributed by atoms with E-state index in [4.69, 9.17) is 29.4 Å². The Kier molecular flexibility index (Phi) is 4.64. The lowest BCUT2D eigenvalue weighted by Crippen LogP contribution is -2.53. The number of nitrogens with zero attached hydrogens (tertiary/aromatic N) is 3. The van der Waals surface area contributed by atoms with E-state index in [2.05, 4.69) is 18.5 Å². The van der Waals surface area contributed by atoms with Crippen molar-refractivity contribution in [3.05, 3.63) is 16.3 Å². The molecule has 1 aromatic rings. The van der Waals surface area contributed by atoms with Crippen molar-refractivity contribution in [1.82, 2.24) is 0 Å². The summed E-state index contributed by atoms with van der Waals surface area (Å²) in [6.07, 6.45) is 0. The average Bonchev–Trinajstić information content (AvgIpc) is 2.41. The van der Waals surface area contributed by atoms with Crippen molar-refractivity contribution >= 4 is 53.7 Å². The van der Waals surface area contributed by atoms with Gasteiger partial charge in [-0.3, -0.25) is 0 Å². The molecule has 4 nitrogen and oxygen atoms in total. The van der Waals surface area contributed by atoms with Crippen LogP contribution in [-0.2, 0) is 0 Å². The fourth-order valence-electron chi connectivity index (χ4n) is 1.50. The highest BCUT2D eigenvalue weighted by molar-refractivity contribution is 7.30. The van der Waals surface area contributed by atoms with Crippen molar-refractivity contribution in [1.29, 1.82) is 15.8 Å². The molecule has 0 fully saturated rings. The third-order valence-corrected chi connectivity index (χ3v) is 3.56. The maximum Gasteiger partial charge on any atom is 0.140 e. The molecule has 0 aliphatic heterocycles. The summed E-state index contributed by atoms with van der Waals surface area (Å²) in [7, 11) is 10.0. The molecule has 90 valence electrons. The van der Waals surface area contributed by atoms with Crippen LogP contribution >= 0.6 is 18.5 Å². The van der Waals surface area contributed by atoms with Gasteiger partial charge < -0.3 is 5.73 Å². The summed E-state index contributed by atoms with van der Waals surface area (Å²) in [4.78, 5) is 0. The lowest BCUT2D eigenvalue weighted by atomic mass is 9.90. The van der Waals surface area contributed by atoms with Crippen molar-refractivity contribution in [2.75, 3.05) is 0 Å². The molecular formula is C11H6BFN4P2. The largest absolute Gasteiger partial charge is 0.390 e. The maximum absolute atomic E-state index is 14.2. The number of hydrogen-bond acceptors (Lipinski definition) is 4. The molecule has 1 aromatic carbocycles. The third kappa shape index (κ3) is 2.45. The number of nitrogens with two attached hydrogens (primary N) is 1. The lowest BCUT2D eigenvalue weighted by molar-refractivity contribution is 0.628. The van der Waals surface area contributed by atoms with Gasteiger partial charge in [0.15, 0.2) is 0 Å². The molecule has 8 heteroatoms. The molecule has 0 saturated carbocycles. The summed E-state index contributed by atoms with van der Waals surface area (Å²) in [5.74, 6) is -0.842. The normalized spacial score (nSPS) is 10.9. The molecule has 0 aromatic heterocycles. The van der Waals surface area contributed by atoms with Gasteiger partial charge in [0.1, 0.15) is 43.1 Å². The summed E-state index contributed by atoms with van der Waals surface area (Å²) >= 11 is 0. The molecule has 19 heavy (non-hydrogen) atoms. The van der Waals surface area contributed by atoms with Gasteiger partial charge in [0.05, 0.1) is 0 Å². The minimum absolute atomic E-state index is 0.0366. The van der Waals surface area contributed by atoms with Gasteiger partial charge in [-0.15, -0.1) is 18.5 Å². The Hall–Kier alpha value is -1.92. The zero-order valence-corrected chi connectivity index (χ0v) is 11.8. The second-order valence-corrected chi connectivity index (χ2v) is 4.58. The summed E-state index contributed by atoms with van der Waals surface area (Å²) < 4.78 is 14.2. The van der Waals surface area contributed by atoms with Crippen molar-refractivity contribution in [3.63, 3.8) is 0 Å². The molecule has 0 heterocycles. The quantitative estimate of drug-likeness (QED) is 0.418. The zero-order valence-electron chi connectivity index (χ0n) is 9.53. The molecule has 0 bridgehead atoms. The first-order valence-corrected chi connectivity index (χ1v) is 5.92. The Balaban J connectivity index is 4.28. The van der Waals surface area contributed by atoms with Gasteiger partial charge in [-0.1, -0.05) is 5.46 Å². The SMILES string of the molecule is [B]c1c(P)c(=C(C#N)C#N)c(P)c(F)/c1=C(\N)C#N. The molecule has 1 rings (SSSR count). The van der Waals surface area contributed by atoms with Crippen LogP contribution in [0.25, 0.3) is 11.3 Å². The molecule has 2 unspecified atom stereocenters. The van der Waals surface area contributed by atoms with Gasteiger partial charge in [0.2, 0.25) is 0 Å². The van der Waals surface area contributed by atoms with Crippen LogP contribution < -0.4 is 32.2 Å². The van der Waals surface area contributed by atoms with Crippen LogP contribution in [0.4, 0.5) is 4.39 Å². The third-order valence-electron chi connectivity index (χ3n) is 2.42. The summed E-state index contributed by atoms with van der Waals surface area (Å²) in [6.45, 7) is 0. The van der Waals surface area contributed by atoms with E-state index in [1.54, 1.807) is 18.2 Å². The Bertz CT molecular complexity index is 761. The molecule has 0 saturated heterocycles. The fourth-order valence-corrected chi connectivity index (χ4v) is 2.56. The van der Waals surface area contributed by atoms with Gasteiger partial charge in [0, 0.05) is 15.7 Å². The maximum atomic E-state index is 14.2. The average molecular weight is 286 g/mol. The molecule has 0 spiro atoms. The van der Waals surface area contributed by atoms with Gasteiger partial charge in [-0.2, -0.15) is 15.8 Å². The van der Waals surface area contributed by atoms with Crippen LogP contribution in [-0.4, -0.2) is 7.85 Å². The topological polar surface area (TPSA) is 97.4 Å². The summed E-state index contributed by atoms with van der Waals surface area (Å²) in [5, 5.41) is 26.5. The van der Waals surface area contributed by atoms with Crippen molar-refractivity contribution in [2.24, 2.45) is 5.73 Å². The zero-order chi connectivity index (χ0) is 14.7. The molecule has 2 atom stereocenters. The minimum atomic E-state index is -0.842. The van der Waals surface area contributed by atoms with Gasteiger partial charge in [0.25, 0.3) is 0 Å². The Labute approximate surface area is 114 Å². The molecule has 0 aliphatic rings. The first kappa shape index (κ1) is 15.1. The van der Waals surface area contributed by atoms with E-state index in [1.165, 1.54) is 0 Å². The predicted octanol–water partition coefficient (Wildman–Crippen LogP) is -2.59. The van der Waals surface area contributed by atoms with E-state index in [0.717, 1.165) is 0 Å². The second-order valence-electron chi connectivity index (χ2n) is 3.43. The second kappa shape index (κ2) is 5.82. The molecule has 0 amide bonds. The first-order valence-electron chi connectivity index (χ1n) is 4.76. The van der Waals surface area contributed by atoms with Crippen LogP contribution in [0.2, 0.25) is 0 Å². The fraction of sp³-hybridized carbons (Fsp3) is 0. The lowest BCUT2D eigenvalue weighted by Gasteiger charge is -2.09. The molecule has 2 radical (unpaired) electrons. The highest BCUT2D eigenvalue weighted by Crippen LogP contribution is 1.93. The summed E-state index contributed by atoms with van der Waals surface area (Å²) in [6, 6.07) is 4.95. The van der Waals surface area contributed by atoms with Crippen LogP contribution in [0.15, 0.2) is 0 Å². The number of hydrogen-bond donors (Lipinski definition) is 1. The van der Waals surface area contributed by atoms with Gasteiger partial charge >= 0.3 is 0 Å². The van der Waals surface area contributed by atoms with E-state index < -0.39 is 5.82 Å². The predicted molar refractivity (Wildman–Crippen MR) is 77.6 cm³/mol. The van der Waals surface area contributed by atoms with Crippen LogP contribution in [0.1, 0.15) is 0 Å². The highest BCUT2D eigenvalue weighted by atomic mass is 31.0. The van der Waals surface area contributed by atoms with E-state index >= 15 is 0 Å². The van der Waals surface area contributed by atoms with Crippen LogP contribution in [0.3, 0.4) is 0 Å². The molecule has 0 aliphatic carbocycles. The van der Waals surface area contributed by atoms with E-state index in [1.807, 2.05) is 0 Å². The van der Waals surface area contributed by atoms with Crippen molar-refractivity contribution in [2.45, 2.75) is 0 Å². The minimum Gasteiger partial charge on any atom is -0.390 e. The number of rotatable bonds is 0. The van der Waals surface area contributed by atoms with E-state index in [9.17, 15) is 4.39 Å².